The summed E-state index contributed by atoms with van der Waals surface area (Å²) < 4.78 is 5.23. The standard InChI is InChI=1S/C13H13ClN4O2/c14-10-3-1-9(2-4-10)13-16-11(17-20-13)7-18-6-5-15-12(19)8-18/h1-4H,5-8H2,(H,15,19). The number of piperazine rings is 1. The minimum Gasteiger partial charge on any atom is -0.354 e. The maximum absolute atomic E-state index is 11.3. The summed E-state index contributed by atoms with van der Waals surface area (Å²) in [5.74, 6) is 1.06. The van der Waals surface area contributed by atoms with Gasteiger partial charge in [0.1, 0.15) is 0 Å². The molecule has 1 aromatic heterocycles. The van der Waals surface area contributed by atoms with E-state index in [-0.39, 0.29) is 5.91 Å². The minimum atomic E-state index is 0.0256. The van der Waals surface area contributed by atoms with Crippen LogP contribution < -0.4 is 5.32 Å². The Morgan fingerprint density at radius 2 is 2.15 bits per heavy atom. The Labute approximate surface area is 120 Å². The maximum Gasteiger partial charge on any atom is 0.257 e. The second kappa shape index (κ2) is 5.60. The van der Waals surface area contributed by atoms with Gasteiger partial charge in [0.2, 0.25) is 5.91 Å². The summed E-state index contributed by atoms with van der Waals surface area (Å²) in [6.45, 7) is 2.31. The first-order valence-corrected chi connectivity index (χ1v) is 6.66. The monoisotopic (exact) mass is 292 g/mol. The molecule has 2 heterocycles. The Kier molecular flexibility index (Phi) is 3.66. The summed E-state index contributed by atoms with van der Waals surface area (Å²) in [5.41, 5.74) is 0.824. The molecule has 0 atom stereocenters. The molecular formula is C13H13ClN4O2. The molecule has 0 unspecified atom stereocenters. The number of hydrogen-bond acceptors (Lipinski definition) is 5. The molecule has 7 heteroatoms. The van der Waals surface area contributed by atoms with Gasteiger partial charge in [-0.3, -0.25) is 9.69 Å². The maximum atomic E-state index is 11.3. The molecule has 0 spiro atoms. The molecule has 1 fully saturated rings. The Morgan fingerprint density at radius 3 is 2.90 bits per heavy atom. The fraction of sp³-hybridized carbons (Fsp3) is 0.308. The van der Waals surface area contributed by atoms with Crippen molar-refractivity contribution in [2.24, 2.45) is 0 Å². The van der Waals surface area contributed by atoms with E-state index in [4.69, 9.17) is 16.1 Å². The van der Waals surface area contributed by atoms with E-state index in [0.717, 1.165) is 12.1 Å². The molecule has 0 aliphatic carbocycles. The summed E-state index contributed by atoms with van der Waals surface area (Å²) in [6.07, 6.45) is 0. The molecule has 2 aromatic rings. The molecule has 20 heavy (non-hydrogen) atoms. The molecule has 1 aliphatic heterocycles. The minimum absolute atomic E-state index is 0.0256. The molecule has 1 aromatic carbocycles. The molecule has 1 amide bonds. The van der Waals surface area contributed by atoms with Crippen LogP contribution in [-0.4, -0.2) is 40.6 Å². The Hall–Kier alpha value is -1.92. The number of rotatable bonds is 3. The van der Waals surface area contributed by atoms with Gasteiger partial charge in [-0.25, -0.2) is 0 Å². The van der Waals surface area contributed by atoms with Crippen molar-refractivity contribution >= 4 is 17.5 Å². The van der Waals surface area contributed by atoms with Gasteiger partial charge in [0, 0.05) is 23.7 Å². The summed E-state index contributed by atoms with van der Waals surface area (Å²) in [4.78, 5) is 17.6. The molecule has 0 radical (unpaired) electrons. The Morgan fingerprint density at radius 1 is 1.35 bits per heavy atom. The molecule has 1 aliphatic rings. The molecule has 1 N–H and O–H groups in total. The van der Waals surface area contributed by atoms with Gasteiger partial charge in [-0.15, -0.1) is 0 Å². The van der Waals surface area contributed by atoms with Crippen LogP contribution in [0.5, 0.6) is 0 Å². The smallest absolute Gasteiger partial charge is 0.257 e. The van der Waals surface area contributed by atoms with Crippen molar-refractivity contribution in [2.45, 2.75) is 6.54 Å². The van der Waals surface area contributed by atoms with Gasteiger partial charge in [-0.05, 0) is 24.3 Å². The first-order valence-electron chi connectivity index (χ1n) is 6.28. The quantitative estimate of drug-likeness (QED) is 0.924. The largest absolute Gasteiger partial charge is 0.354 e. The van der Waals surface area contributed by atoms with Gasteiger partial charge in [-0.2, -0.15) is 4.98 Å². The van der Waals surface area contributed by atoms with E-state index in [1.54, 1.807) is 12.1 Å². The predicted octanol–water partition coefficient (Wildman–Crippen LogP) is 1.32. The van der Waals surface area contributed by atoms with Crippen LogP contribution in [0.1, 0.15) is 5.82 Å². The lowest BCUT2D eigenvalue weighted by Crippen LogP contribution is -2.47. The Balaban J connectivity index is 1.70. The van der Waals surface area contributed by atoms with Crippen molar-refractivity contribution in [3.63, 3.8) is 0 Å². The molecule has 6 nitrogen and oxygen atoms in total. The third kappa shape index (κ3) is 2.97. The molecular weight excluding hydrogens is 280 g/mol. The van der Waals surface area contributed by atoms with Gasteiger partial charge in [0.25, 0.3) is 5.89 Å². The van der Waals surface area contributed by atoms with Gasteiger partial charge in [0.15, 0.2) is 5.82 Å². The highest BCUT2D eigenvalue weighted by Crippen LogP contribution is 2.20. The zero-order valence-electron chi connectivity index (χ0n) is 10.7. The highest BCUT2D eigenvalue weighted by Gasteiger charge is 2.18. The van der Waals surface area contributed by atoms with Gasteiger partial charge >= 0.3 is 0 Å². The molecule has 1 saturated heterocycles. The van der Waals surface area contributed by atoms with Crippen molar-refractivity contribution in [2.75, 3.05) is 19.6 Å². The van der Waals surface area contributed by atoms with Crippen molar-refractivity contribution < 1.29 is 9.32 Å². The second-order valence-corrected chi connectivity index (χ2v) is 5.02. The van der Waals surface area contributed by atoms with Crippen LogP contribution in [0.15, 0.2) is 28.8 Å². The number of aromatic nitrogens is 2. The van der Waals surface area contributed by atoms with E-state index in [1.807, 2.05) is 17.0 Å². The first-order chi connectivity index (χ1) is 9.70. The summed E-state index contributed by atoms with van der Waals surface area (Å²) in [7, 11) is 0. The fourth-order valence-corrected chi connectivity index (χ4v) is 2.18. The van der Waals surface area contributed by atoms with E-state index < -0.39 is 0 Å². The Bertz CT molecular complexity index is 611. The first kappa shape index (κ1) is 13.1. The number of carbonyl (C=O) groups is 1. The zero-order chi connectivity index (χ0) is 13.9. The van der Waals surface area contributed by atoms with Crippen LogP contribution in [0, 0.1) is 0 Å². The second-order valence-electron chi connectivity index (χ2n) is 4.58. The zero-order valence-corrected chi connectivity index (χ0v) is 11.4. The lowest BCUT2D eigenvalue weighted by atomic mass is 10.2. The predicted molar refractivity (Wildman–Crippen MR) is 73.0 cm³/mol. The lowest BCUT2D eigenvalue weighted by molar-refractivity contribution is -0.124. The van der Waals surface area contributed by atoms with Crippen molar-refractivity contribution in [1.82, 2.24) is 20.4 Å². The fourth-order valence-electron chi connectivity index (χ4n) is 2.05. The molecule has 0 saturated carbocycles. The van der Waals surface area contributed by atoms with Crippen LogP contribution >= 0.6 is 11.6 Å². The van der Waals surface area contributed by atoms with Crippen molar-refractivity contribution in [1.29, 1.82) is 0 Å². The van der Waals surface area contributed by atoms with Crippen LogP contribution in [-0.2, 0) is 11.3 Å². The SMILES string of the molecule is O=C1CN(Cc2noc(-c3ccc(Cl)cc3)n2)CCN1. The number of carbonyl (C=O) groups excluding carboxylic acids is 1. The number of nitrogens with zero attached hydrogens (tertiary/aromatic N) is 3. The van der Waals surface area contributed by atoms with E-state index in [9.17, 15) is 4.79 Å². The van der Waals surface area contributed by atoms with Crippen LogP contribution in [0.25, 0.3) is 11.5 Å². The van der Waals surface area contributed by atoms with Crippen molar-refractivity contribution in [3.8, 4) is 11.5 Å². The summed E-state index contributed by atoms with van der Waals surface area (Å²) in [5, 5.41) is 7.38. The van der Waals surface area contributed by atoms with Gasteiger partial charge in [0.05, 0.1) is 13.1 Å². The lowest BCUT2D eigenvalue weighted by Gasteiger charge is -2.24. The third-order valence-electron chi connectivity index (χ3n) is 3.04. The molecule has 104 valence electrons. The molecule has 3 rings (SSSR count). The number of benzene rings is 1. The highest BCUT2D eigenvalue weighted by molar-refractivity contribution is 6.30. The van der Waals surface area contributed by atoms with Crippen LogP contribution in [0.3, 0.4) is 0 Å². The number of halogens is 1. The third-order valence-corrected chi connectivity index (χ3v) is 3.29. The number of nitrogens with one attached hydrogen (secondary N) is 1. The van der Waals surface area contributed by atoms with Crippen LogP contribution in [0.4, 0.5) is 0 Å². The van der Waals surface area contributed by atoms with E-state index >= 15 is 0 Å². The number of amides is 1. The average Bonchev–Trinajstić information content (AvgIpc) is 2.88. The van der Waals surface area contributed by atoms with Gasteiger partial charge in [-0.1, -0.05) is 16.8 Å². The topological polar surface area (TPSA) is 71.3 Å². The van der Waals surface area contributed by atoms with Gasteiger partial charge < -0.3 is 9.84 Å². The highest BCUT2D eigenvalue weighted by atomic mass is 35.5. The number of hydrogen-bond donors (Lipinski definition) is 1. The van der Waals surface area contributed by atoms with E-state index in [1.165, 1.54) is 0 Å². The molecule has 0 bridgehead atoms. The van der Waals surface area contributed by atoms with Crippen molar-refractivity contribution in [3.05, 3.63) is 35.1 Å². The average molecular weight is 293 g/mol. The van der Waals surface area contributed by atoms with E-state index in [2.05, 4.69) is 15.5 Å². The summed E-state index contributed by atoms with van der Waals surface area (Å²) >= 11 is 5.84. The normalized spacial score (nSPS) is 16.1. The summed E-state index contributed by atoms with van der Waals surface area (Å²) in [6, 6.07) is 7.20. The van der Waals surface area contributed by atoms with Crippen LogP contribution in [0.2, 0.25) is 5.02 Å². The van der Waals surface area contributed by atoms with E-state index in [0.29, 0.717) is 36.4 Å².